The smallest absolute Gasteiger partial charge is 0.317 e. The number of carbonyl (C=O) groups is 1. The Bertz CT molecular complexity index is 437. The van der Waals surface area contributed by atoms with Gasteiger partial charge in [0.25, 0.3) is 0 Å². The molecule has 0 aromatic carbocycles. The van der Waals surface area contributed by atoms with Crippen molar-refractivity contribution in [3.63, 3.8) is 0 Å². The van der Waals surface area contributed by atoms with Crippen LogP contribution in [-0.2, 0) is 6.54 Å². The first-order valence-corrected chi connectivity index (χ1v) is 7.19. The first-order valence-electron chi connectivity index (χ1n) is 7.19. The van der Waals surface area contributed by atoms with Crippen LogP contribution in [0, 0.1) is 5.92 Å². The van der Waals surface area contributed by atoms with Crippen molar-refractivity contribution in [1.82, 2.24) is 15.4 Å². The predicted octanol–water partition coefficient (Wildman–Crippen LogP) is 1.71. The number of aromatic nitrogens is 1. The Morgan fingerprint density at radius 2 is 2.25 bits per heavy atom. The second kappa shape index (κ2) is 6.74. The van der Waals surface area contributed by atoms with Crippen LogP contribution in [0.1, 0.15) is 44.1 Å². The molecule has 1 fully saturated rings. The van der Waals surface area contributed by atoms with Crippen LogP contribution in [0.15, 0.2) is 10.6 Å². The topological polar surface area (TPSA) is 78.6 Å². The highest BCUT2D eigenvalue weighted by Gasteiger charge is 2.22. The Labute approximate surface area is 119 Å². The molecule has 1 aromatic rings. The molecule has 2 rings (SSSR count). The molecule has 0 saturated carbocycles. The average Bonchev–Trinajstić information content (AvgIpc) is 2.94. The summed E-state index contributed by atoms with van der Waals surface area (Å²) in [7, 11) is 0. The minimum absolute atomic E-state index is 0.0797. The number of piperidine rings is 1. The lowest BCUT2D eigenvalue weighted by atomic mass is 9.98. The van der Waals surface area contributed by atoms with Crippen molar-refractivity contribution in [1.29, 1.82) is 0 Å². The van der Waals surface area contributed by atoms with Gasteiger partial charge in [0.2, 0.25) is 0 Å². The molecular weight excluding hydrogens is 258 g/mol. The first kappa shape index (κ1) is 14.8. The molecule has 0 unspecified atom stereocenters. The molecule has 1 saturated heterocycles. The molecular formula is C14H23N3O3. The Kier molecular flexibility index (Phi) is 5.00. The molecule has 2 N–H and O–H groups in total. The average molecular weight is 281 g/mol. The van der Waals surface area contributed by atoms with Gasteiger partial charge >= 0.3 is 6.03 Å². The maximum absolute atomic E-state index is 12.0. The lowest BCUT2D eigenvalue weighted by Crippen LogP contribution is -2.44. The highest BCUT2D eigenvalue weighted by atomic mass is 16.5. The van der Waals surface area contributed by atoms with E-state index >= 15 is 0 Å². The molecule has 0 radical (unpaired) electrons. The number of aliphatic hydroxyl groups excluding tert-OH is 1. The third kappa shape index (κ3) is 3.72. The molecule has 0 aliphatic carbocycles. The van der Waals surface area contributed by atoms with E-state index < -0.39 is 0 Å². The summed E-state index contributed by atoms with van der Waals surface area (Å²) in [6.07, 6.45) is 1.73. The maximum atomic E-state index is 12.0. The van der Waals surface area contributed by atoms with Gasteiger partial charge in [0.15, 0.2) is 5.76 Å². The molecule has 6 nitrogen and oxygen atoms in total. The Morgan fingerprint density at radius 3 is 2.80 bits per heavy atom. The van der Waals surface area contributed by atoms with Crippen LogP contribution in [0.2, 0.25) is 0 Å². The third-order valence-electron chi connectivity index (χ3n) is 3.74. The van der Waals surface area contributed by atoms with Gasteiger partial charge in [-0.15, -0.1) is 0 Å². The van der Waals surface area contributed by atoms with Crippen molar-refractivity contribution >= 4 is 6.03 Å². The van der Waals surface area contributed by atoms with E-state index in [4.69, 9.17) is 9.63 Å². The van der Waals surface area contributed by atoms with Crippen molar-refractivity contribution in [3.8, 4) is 0 Å². The number of aliphatic hydroxyl groups is 1. The standard InChI is InChI=1S/C14H23N3O3/c1-10(2)13-7-12(20-16-13)8-15-14(19)17-5-3-11(9-18)4-6-17/h7,10-11,18H,3-6,8-9H2,1-2H3,(H,15,19). The van der Waals surface area contributed by atoms with E-state index in [9.17, 15) is 4.79 Å². The van der Waals surface area contributed by atoms with Crippen molar-refractivity contribution in [2.75, 3.05) is 19.7 Å². The van der Waals surface area contributed by atoms with Gasteiger partial charge in [0, 0.05) is 25.8 Å². The quantitative estimate of drug-likeness (QED) is 0.880. The number of hydrogen-bond acceptors (Lipinski definition) is 4. The molecule has 6 heteroatoms. The molecule has 0 spiro atoms. The zero-order valence-corrected chi connectivity index (χ0v) is 12.1. The lowest BCUT2D eigenvalue weighted by molar-refractivity contribution is 0.136. The van der Waals surface area contributed by atoms with E-state index in [0.717, 1.165) is 18.5 Å². The molecule has 2 amide bonds. The number of hydrogen-bond donors (Lipinski definition) is 2. The zero-order valence-electron chi connectivity index (χ0n) is 12.1. The van der Waals surface area contributed by atoms with E-state index in [-0.39, 0.29) is 12.6 Å². The predicted molar refractivity (Wildman–Crippen MR) is 74.2 cm³/mol. The number of likely N-dealkylation sites (tertiary alicyclic amines) is 1. The van der Waals surface area contributed by atoms with Crippen molar-refractivity contribution < 1.29 is 14.4 Å². The highest BCUT2D eigenvalue weighted by Crippen LogP contribution is 2.17. The number of nitrogens with zero attached hydrogens (tertiary/aromatic N) is 2. The Balaban J connectivity index is 1.77. The number of amides is 2. The Morgan fingerprint density at radius 1 is 1.55 bits per heavy atom. The van der Waals surface area contributed by atoms with Crippen LogP contribution >= 0.6 is 0 Å². The molecule has 112 valence electrons. The largest absolute Gasteiger partial charge is 0.396 e. The molecule has 20 heavy (non-hydrogen) atoms. The summed E-state index contributed by atoms with van der Waals surface area (Å²) in [5, 5.41) is 15.9. The van der Waals surface area contributed by atoms with Gasteiger partial charge in [0.1, 0.15) is 0 Å². The molecule has 1 aliphatic heterocycles. The van der Waals surface area contributed by atoms with Crippen LogP contribution in [0.5, 0.6) is 0 Å². The summed E-state index contributed by atoms with van der Waals surface area (Å²) in [5.41, 5.74) is 0.901. The van der Waals surface area contributed by atoms with Crippen molar-refractivity contribution in [2.45, 2.75) is 39.2 Å². The fourth-order valence-electron chi connectivity index (χ4n) is 2.28. The van der Waals surface area contributed by atoms with Gasteiger partial charge in [-0.25, -0.2) is 4.79 Å². The summed E-state index contributed by atoms with van der Waals surface area (Å²) < 4.78 is 5.18. The number of nitrogens with one attached hydrogen (secondary N) is 1. The van der Waals surface area contributed by atoms with E-state index in [0.29, 0.717) is 37.2 Å². The summed E-state index contributed by atoms with van der Waals surface area (Å²) in [6, 6.07) is 1.80. The molecule has 1 aromatic heterocycles. The number of carbonyl (C=O) groups excluding carboxylic acids is 1. The monoisotopic (exact) mass is 281 g/mol. The van der Waals surface area contributed by atoms with Gasteiger partial charge in [0.05, 0.1) is 12.2 Å². The fraction of sp³-hybridized carbons (Fsp3) is 0.714. The van der Waals surface area contributed by atoms with Crippen LogP contribution in [-0.4, -0.2) is 40.9 Å². The second-order valence-corrected chi connectivity index (χ2v) is 5.64. The van der Waals surface area contributed by atoms with E-state index in [1.165, 1.54) is 0 Å². The highest BCUT2D eigenvalue weighted by molar-refractivity contribution is 5.74. The van der Waals surface area contributed by atoms with E-state index in [1.54, 1.807) is 4.90 Å². The minimum Gasteiger partial charge on any atom is -0.396 e. The van der Waals surface area contributed by atoms with Gasteiger partial charge in [-0.05, 0) is 24.7 Å². The lowest BCUT2D eigenvalue weighted by Gasteiger charge is -2.30. The molecule has 2 heterocycles. The molecule has 1 aliphatic rings. The first-order chi connectivity index (χ1) is 9.60. The number of urea groups is 1. The van der Waals surface area contributed by atoms with Crippen molar-refractivity contribution in [3.05, 3.63) is 17.5 Å². The van der Waals surface area contributed by atoms with Crippen LogP contribution < -0.4 is 5.32 Å². The normalized spacial score (nSPS) is 16.7. The SMILES string of the molecule is CC(C)c1cc(CNC(=O)N2CCC(CO)CC2)on1. The second-order valence-electron chi connectivity index (χ2n) is 5.64. The van der Waals surface area contributed by atoms with Crippen molar-refractivity contribution in [2.24, 2.45) is 5.92 Å². The third-order valence-corrected chi connectivity index (χ3v) is 3.74. The van der Waals surface area contributed by atoms with Crippen LogP contribution in [0.3, 0.4) is 0 Å². The van der Waals surface area contributed by atoms with Gasteiger partial charge in [-0.2, -0.15) is 0 Å². The summed E-state index contributed by atoms with van der Waals surface area (Å²) in [4.78, 5) is 13.8. The van der Waals surface area contributed by atoms with Crippen LogP contribution in [0.25, 0.3) is 0 Å². The Hall–Kier alpha value is -1.56. The zero-order chi connectivity index (χ0) is 14.5. The molecule has 0 bridgehead atoms. The van der Waals surface area contributed by atoms with E-state index in [1.807, 2.05) is 19.9 Å². The van der Waals surface area contributed by atoms with Gasteiger partial charge < -0.3 is 19.8 Å². The maximum Gasteiger partial charge on any atom is 0.317 e. The van der Waals surface area contributed by atoms with Crippen LogP contribution in [0.4, 0.5) is 4.79 Å². The van der Waals surface area contributed by atoms with Gasteiger partial charge in [-0.1, -0.05) is 19.0 Å². The summed E-state index contributed by atoms with van der Waals surface area (Å²) in [5.74, 6) is 1.33. The van der Waals surface area contributed by atoms with Gasteiger partial charge in [-0.3, -0.25) is 0 Å². The minimum atomic E-state index is -0.0797. The summed E-state index contributed by atoms with van der Waals surface area (Å²) >= 11 is 0. The summed E-state index contributed by atoms with van der Waals surface area (Å²) in [6.45, 7) is 6.07. The number of rotatable bonds is 4. The molecule has 0 atom stereocenters. The van der Waals surface area contributed by atoms with E-state index in [2.05, 4.69) is 10.5 Å². The fourth-order valence-corrected chi connectivity index (χ4v) is 2.28.